The van der Waals surface area contributed by atoms with Crippen LogP contribution in [0, 0.1) is 6.92 Å². The van der Waals surface area contributed by atoms with Crippen molar-refractivity contribution in [3.63, 3.8) is 0 Å². The fraction of sp³-hybridized carbons (Fsp3) is 0.111. The van der Waals surface area contributed by atoms with Crippen LogP contribution in [0.1, 0.15) is 11.4 Å². The van der Waals surface area contributed by atoms with Crippen LogP contribution in [0.2, 0.25) is 0 Å². The van der Waals surface area contributed by atoms with Crippen LogP contribution in [-0.4, -0.2) is 32.5 Å². The Hall–Kier alpha value is -2.73. The molecule has 0 unspecified atom stereocenters. The highest BCUT2D eigenvalue weighted by molar-refractivity contribution is 8.18. The molecule has 6 heteroatoms. The molecule has 0 N–H and O–H groups in total. The summed E-state index contributed by atoms with van der Waals surface area (Å²) in [6.07, 6.45) is 5.15. The number of amidine groups is 1. The van der Waals surface area contributed by atoms with Crippen LogP contribution in [0.15, 0.2) is 65.1 Å². The van der Waals surface area contributed by atoms with Crippen molar-refractivity contribution in [1.29, 1.82) is 0 Å². The first-order valence-corrected chi connectivity index (χ1v) is 8.25. The predicted molar refractivity (Wildman–Crippen MR) is 97.8 cm³/mol. The van der Waals surface area contributed by atoms with Gasteiger partial charge in [-0.25, -0.2) is 9.98 Å². The minimum absolute atomic E-state index is 0.100. The molecule has 0 aliphatic carbocycles. The molecule has 0 saturated carbocycles. The Bertz CT molecular complexity index is 830. The summed E-state index contributed by atoms with van der Waals surface area (Å²) in [4.78, 5) is 27.9. The standard InChI is InChI=1S/C18H16N4OS/c1-3-11-22-17(23)15(12-14-8-4-5-10-19-14)24-18(22)21-16-9-6-7-13(2)20-16/h3-10,12H,1,11H2,2H3/b15-12-,21-18+. The smallest absolute Gasteiger partial charge is 0.267 e. The molecule has 120 valence electrons. The number of nitrogens with zero attached hydrogens (tertiary/aromatic N) is 4. The molecule has 5 nitrogen and oxygen atoms in total. The number of carbonyl (C=O) groups excluding carboxylic acids is 1. The number of amides is 1. The highest BCUT2D eigenvalue weighted by atomic mass is 32.2. The Balaban J connectivity index is 1.95. The molecule has 1 aliphatic rings. The second-order valence-corrected chi connectivity index (χ2v) is 6.11. The number of aryl methyl sites for hydroxylation is 1. The zero-order valence-electron chi connectivity index (χ0n) is 13.2. The molecule has 0 spiro atoms. The van der Waals surface area contributed by atoms with Crippen molar-refractivity contribution < 1.29 is 4.79 Å². The summed E-state index contributed by atoms with van der Waals surface area (Å²) in [6.45, 7) is 6.02. The number of aliphatic imine (C=N–C) groups is 1. The van der Waals surface area contributed by atoms with E-state index in [1.165, 1.54) is 11.8 Å². The summed E-state index contributed by atoms with van der Waals surface area (Å²) in [5.41, 5.74) is 1.62. The molecule has 3 heterocycles. The molecule has 0 aromatic carbocycles. The van der Waals surface area contributed by atoms with E-state index in [-0.39, 0.29) is 5.91 Å². The molecule has 24 heavy (non-hydrogen) atoms. The van der Waals surface area contributed by atoms with Crippen molar-refractivity contribution in [2.24, 2.45) is 4.99 Å². The van der Waals surface area contributed by atoms with Gasteiger partial charge in [-0.15, -0.1) is 6.58 Å². The molecular weight excluding hydrogens is 320 g/mol. The van der Waals surface area contributed by atoms with E-state index in [0.717, 1.165) is 11.4 Å². The predicted octanol–water partition coefficient (Wildman–Crippen LogP) is 3.58. The van der Waals surface area contributed by atoms with E-state index in [9.17, 15) is 4.79 Å². The molecule has 1 amide bonds. The lowest BCUT2D eigenvalue weighted by molar-refractivity contribution is -0.121. The number of hydrogen-bond acceptors (Lipinski definition) is 5. The topological polar surface area (TPSA) is 58.5 Å². The SMILES string of the molecule is C=CCN1C(=O)/C(=C/c2ccccn2)S/C1=N/c1cccc(C)n1. The monoisotopic (exact) mass is 336 g/mol. The second-order valence-electron chi connectivity index (χ2n) is 5.10. The summed E-state index contributed by atoms with van der Waals surface area (Å²) >= 11 is 1.32. The average molecular weight is 336 g/mol. The molecule has 1 aliphatic heterocycles. The molecule has 1 saturated heterocycles. The van der Waals surface area contributed by atoms with Gasteiger partial charge in [0.05, 0.1) is 10.6 Å². The van der Waals surface area contributed by atoms with Gasteiger partial charge in [-0.3, -0.25) is 14.7 Å². The van der Waals surface area contributed by atoms with Crippen LogP contribution in [-0.2, 0) is 4.79 Å². The molecule has 2 aromatic heterocycles. The Labute approximate surface area is 144 Å². The van der Waals surface area contributed by atoms with Gasteiger partial charge in [0.25, 0.3) is 5.91 Å². The third kappa shape index (κ3) is 3.60. The van der Waals surface area contributed by atoms with Crippen molar-refractivity contribution in [1.82, 2.24) is 14.9 Å². The zero-order valence-corrected chi connectivity index (χ0v) is 14.0. The van der Waals surface area contributed by atoms with E-state index in [4.69, 9.17) is 0 Å². The summed E-state index contributed by atoms with van der Waals surface area (Å²) in [5, 5.41) is 0.597. The van der Waals surface area contributed by atoms with Crippen LogP contribution < -0.4 is 0 Å². The minimum atomic E-state index is -0.100. The Morgan fingerprint density at radius 2 is 2.17 bits per heavy atom. The normalized spacial score (nSPS) is 17.7. The van der Waals surface area contributed by atoms with Crippen LogP contribution in [0.5, 0.6) is 0 Å². The highest BCUT2D eigenvalue weighted by Gasteiger charge is 2.32. The largest absolute Gasteiger partial charge is 0.282 e. The Morgan fingerprint density at radius 3 is 2.88 bits per heavy atom. The van der Waals surface area contributed by atoms with Crippen LogP contribution in [0.3, 0.4) is 0 Å². The third-order valence-electron chi connectivity index (χ3n) is 3.25. The first-order valence-electron chi connectivity index (χ1n) is 7.43. The van der Waals surface area contributed by atoms with Gasteiger partial charge in [0.1, 0.15) is 0 Å². The summed E-state index contributed by atoms with van der Waals surface area (Å²) < 4.78 is 0. The first kappa shape index (κ1) is 16.1. The van der Waals surface area contributed by atoms with Gasteiger partial charge in [-0.1, -0.05) is 18.2 Å². The number of aromatic nitrogens is 2. The number of rotatable bonds is 4. The first-order chi connectivity index (χ1) is 11.7. The molecule has 0 atom stereocenters. The molecule has 0 radical (unpaired) electrons. The van der Waals surface area contributed by atoms with Crippen LogP contribution in [0.25, 0.3) is 6.08 Å². The van der Waals surface area contributed by atoms with Gasteiger partial charge >= 0.3 is 0 Å². The highest BCUT2D eigenvalue weighted by Crippen LogP contribution is 2.33. The average Bonchev–Trinajstić information content (AvgIpc) is 2.85. The molecular formula is C18H16N4OS. The van der Waals surface area contributed by atoms with E-state index >= 15 is 0 Å². The number of pyridine rings is 2. The fourth-order valence-electron chi connectivity index (χ4n) is 2.17. The van der Waals surface area contributed by atoms with Crippen molar-refractivity contribution in [3.8, 4) is 0 Å². The fourth-order valence-corrected chi connectivity index (χ4v) is 3.15. The number of hydrogen-bond donors (Lipinski definition) is 0. The molecule has 2 aromatic rings. The van der Waals surface area contributed by atoms with Crippen molar-refractivity contribution in [2.75, 3.05) is 6.54 Å². The van der Waals surface area contributed by atoms with Crippen molar-refractivity contribution >= 4 is 34.7 Å². The molecule has 3 rings (SSSR count). The van der Waals surface area contributed by atoms with E-state index < -0.39 is 0 Å². The zero-order chi connectivity index (χ0) is 16.9. The van der Waals surface area contributed by atoms with Gasteiger partial charge in [0.2, 0.25) is 0 Å². The quantitative estimate of drug-likeness (QED) is 0.632. The number of thioether (sulfide) groups is 1. The van der Waals surface area contributed by atoms with E-state index in [1.54, 1.807) is 23.2 Å². The summed E-state index contributed by atoms with van der Waals surface area (Å²) in [7, 11) is 0. The maximum Gasteiger partial charge on any atom is 0.267 e. The Morgan fingerprint density at radius 1 is 1.29 bits per heavy atom. The van der Waals surface area contributed by atoms with Crippen molar-refractivity contribution in [3.05, 3.63) is 71.5 Å². The van der Waals surface area contributed by atoms with Gasteiger partial charge in [-0.2, -0.15) is 0 Å². The lowest BCUT2D eigenvalue weighted by Crippen LogP contribution is -2.29. The summed E-state index contributed by atoms with van der Waals surface area (Å²) in [6, 6.07) is 11.2. The number of carbonyl (C=O) groups is 1. The van der Waals surface area contributed by atoms with Gasteiger partial charge in [0, 0.05) is 18.4 Å². The van der Waals surface area contributed by atoms with Crippen LogP contribution in [0.4, 0.5) is 5.82 Å². The van der Waals surface area contributed by atoms with E-state index in [0.29, 0.717) is 22.4 Å². The minimum Gasteiger partial charge on any atom is -0.282 e. The molecule has 1 fully saturated rings. The van der Waals surface area contributed by atoms with E-state index in [1.807, 2.05) is 43.3 Å². The van der Waals surface area contributed by atoms with Gasteiger partial charge < -0.3 is 0 Å². The summed E-state index contributed by atoms with van der Waals surface area (Å²) in [5.74, 6) is 0.482. The molecule has 0 bridgehead atoms. The lowest BCUT2D eigenvalue weighted by Gasteiger charge is -2.12. The van der Waals surface area contributed by atoms with Crippen LogP contribution >= 0.6 is 11.8 Å². The van der Waals surface area contributed by atoms with Gasteiger partial charge in [-0.05, 0) is 49.0 Å². The maximum absolute atomic E-state index is 12.6. The maximum atomic E-state index is 12.6. The van der Waals surface area contributed by atoms with E-state index in [2.05, 4.69) is 21.5 Å². The Kier molecular flexibility index (Phi) is 4.86. The second kappa shape index (κ2) is 7.23. The van der Waals surface area contributed by atoms with Crippen molar-refractivity contribution in [2.45, 2.75) is 6.92 Å². The third-order valence-corrected chi connectivity index (χ3v) is 4.26. The van der Waals surface area contributed by atoms with Gasteiger partial charge in [0.15, 0.2) is 11.0 Å². The lowest BCUT2D eigenvalue weighted by atomic mass is 10.3.